The maximum Gasteiger partial charge on any atom is 0.334 e. The number of hydrogen-bond donors (Lipinski definition) is 1. The zero-order valence-electron chi connectivity index (χ0n) is 10.9. The number of carbonyl (C=O) groups is 2. The first-order chi connectivity index (χ1) is 10.1. The van der Waals surface area contributed by atoms with Crippen LogP contribution in [0.15, 0.2) is 36.0 Å². The molecule has 0 saturated carbocycles. The summed E-state index contributed by atoms with van der Waals surface area (Å²) in [6.07, 6.45) is 1.76. The molecule has 2 aliphatic heterocycles. The molecule has 1 saturated heterocycles. The topological polar surface area (TPSA) is 66.8 Å². The number of thioether (sulfide) groups is 1. The zero-order valence-corrected chi connectivity index (χ0v) is 11.7. The molecule has 2 heterocycles. The Morgan fingerprint density at radius 3 is 2.90 bits per heavy atom. The second-order valence-corrected chi connectivity index (χ2v) is 6.10. The van der Waals surface area contributed by atoms with Crippen LogP contribution < -0.4 is 4.74 Å². The molecule has 110 valence electrons. The van der Waals surface area contributed by atoms with Gasteiger partial charge in [-0.25, -0.2) is 9.18 Å². The molecule has 1 fully saturated rings. The summed E-state index contributed by atoms with van der Waals surface area (Å²) in [5, 5.41) is 8.75. The van der Waals surface area contributed by atoms with Gasteiger partial charge in [0.05, 0.1) is 22.6 Å². The lowest BCUT2D eigenvalue weighted by molar-refractivity contribution is -0.138. The highest BCUT2D eigenvalue weighted by Crippen LogP contribution is 2.40. The van der Waals surface area contributed by atoms with E-state index in [-0.39, 0.29) is 29.2 Å². The number of ether oxygens (including phenoxy) is 1. The average Bonchev–Trinajstić information content (AvgIpc) is 2.45. The fraction of sp³-hybridized carbons (Fsp3) is 0.286. The Morgan fingerprint density at radius 1 is 1.48 bits per heavy atom. The van der Waals surface area contributed by atoms with Crippen molar-refractivity contribution in [1.29, 1.82) is 0 Å². The van der Waals surface area contributed by atoms with E-state index in [0.717, 1.165) is 0 Å². The fourth-order valence-electron chi connectivity index (χ4n) is 2.22. The van der Waals surface area contributed by atoms with Crippen molar-refractivity contribution >= 4 is 23.6 Å². The number of hydrogen-bond acceptors (Lipinski definition) is 4. The summed E-state index contributed by atoms with van der Waals surface area (Å²) < 4.78 is 18.9. The SMILES string of the molecule is O=C(O)C1=CN2C(=O)C[C@H]2SC1COc1ccccc1F. The van der Waals surface area contributed by atoms with E-state index in [9.17, 15) is 19.1 Å². The van der Waals surface area contributed by atoms with E-state index in [0.29, 0.717) is 6.42 Å². The van der Waals surface area contributed by atoms with Gasteiger partial charge in [-0.1, -0.05) is 12.1 Å². The molecule has 1 aromatic rings. The van der Waals surface area contributed by atoms with Crippen LogP contribution in [-0.2, 0) is 9.59 Å². The quantitative estimate of drug-likeness (QED) is 0.860. The monoisotopic (exact) mass is 309 g/mol. The maximum atomic E-state index is 13.5. The first kappa shape index (κ1) is 13.9. The Hall–Kier alpha value is -2.02. The number of carbonyl (C=O) groups excluding carboxylic acids is 1. The standard InChI is InChI=1S/C14H12FNO4S/c15-9-3-1-2-4-10(9)20-7-11-8(14(18)19)6-16-12(17)5-13(16)21-11/h1-4,6,11,13H,5,7H2,(H,18,19)/t11?,13-/m1/s1. The predicted molar refractivity (Wildman–Crippen MR) is 74.2 cm³/mol. The maximum absolute atomic E-state index is 13.5. The second-order valence-electron chi connectivity index (χ2n) is 4.72. The number of nitrogens with zero attached hydrogens (tertiary/aromatic N) is 1. The molecule has 5 nitrogen and oxygen atoms in total. The number of rotatable bonds is 4. The number of halogens is 1. The van der Waals surface area contributed by atoms with E-state index >= 15 is 0 Å². The van der Waals surface area contributed by atoms with Crippen molar-refractivity contribution in [2.75, 3.05) is 6.61 Å². The van der Waals surface area contributed by atoms with Crippen LogP contribution in [0.25, 0.3) is 0 Å². The Bertz CT molecular complexity index is 633. The van der Waals surface area contributed by atoms with Crippen molar-refractivity contribution in [1.82, 2.24) is 4.90 Å². The highest BCUT2D eigenvalue weighted by molar-refractivity contribution is 8.00. The summed E-state index contributed by atoms with van der Waals surface area (Å²) in [6.45, 7) is 0.0439. The van der Waals surface area contributed by atoms with Crippen molar-refractivity contribution in [3.05, 3.63) is 41.9 Å². The minimum absolute atomic E-state index is 0.0439. The minimum Gasteiger partial charge on any atom is -0.489 e. The third kappa shape index (κ3) is 2.61. The normalized spacial score (nSPS) is 24.0. The van der Waals surface area contributed by atoms with Crippen LogP contribution >= 0.6 is 11.8 Å². The third-order valence-electron chi connectivity index (χ3n) is 3.37. The Morgan fingerprint density at radius 2 is 2.24 bits per heavy atom. The number of aliphatic carboxylic acids is 1. The van der Waals surface area contributed by atoms with E-state index in [2.05, 4.69) is 0 Å². The second kappa shape index (κ2) is 5.40. The minimum atomic E-state index is -1.09. The summed E-state index contributed by atoms with van der Waals surface area (Å²) in [5.41, 5.74) is 0.0978. The van der Waals surface area contributed by atoms with Gasteiger partial charge in [0.25, 0.3) is 0 Å². The predicted octanol–water partition coefficient (Wildman–Crippen LogP) is 1.85. The van der Waals surface area contributed by atoms with Crippen LogP contribution in [0.5, 0.6) is 5.75 Å². The lowest BCUT2D eigenvalue weighted by Crippen LogP contribution is -2.51. The van der Waals surface area contributed by atoms with Crippen LogP contribution in [0.1, 0.15) is 6.42 Å². The molecule has 7 heteroatoms. The molecule has 1 unspecified atom stereocenters. The van der Waals surface area contributed by atoms with Crippen LogP contribution in [0.4, 0.5) is 4.39 Å². The van der Waals surface area contributed by atoms with Gasteiger partial charge in [0, 0.05) is 6.20 Å². The molecule has 3 rings (SSSR count). The van der Waals surface area contributed by atoms with Gasteiger partial charge in [-0.3, -0.25) is 4.79 Å². The number of amides is 1. The van der Waals surface area contributed by atoms with Crippen molar-refractivity contribution in [2.24, 2.45) is 0 Å². The molecule has 2 aliphatic rings. The van der Waals surface area contributed by atoms with Gasteiger partial charge in [0.1, 0.15) is 6.61 Å². The molecular formula is C14H12FNO4S. The van der Waals surface area contributed by atoms with Crippen molar-refractivity contribution < 1.29 is 23.8 Å². The van der Waals surface area contributed by atoms with Crippen LogP contribution in [0.2, 0.25) is 0 Å². The number of benzene rings is 1. The lowest BCUT2D eigenvalue weighted by atomic mass is 10.1. The Balaban J connectivity index is 1.74. The van der Waals surface area contributed by atoms with Crippen LogP contribution in [0.3, 0.4) is 0 Å². The number of β-lactam (4-membered cyclic amide) rings is 1. The average molecular weight is 309 g/mol. The summed E-state index contributed by atoms with van der Waals surface area (Å²) in [4.78, 5) is 24.1. The van der Waals surface area contributed by atoms with E-state index in [1.54, 1.807) is 12.1 Å². The molecular weight excluding hydrogens is 297 g/mol. The number of para-hydroxylation sites is 1. The van der Waals surface area contributed by atoms with E-state index < -0.39 is 17.0 Å². The van der Waals surface area contributed by atoms with Crippen molar-refractivity contribution in [3.8, 4) is 5.75 Å². The van der Waals surface area contributed by atoms with Gasteiger partial charge in [-0.15, -0.1) is 11.8 Å². The van der Waals surface area contributed by atoms with Gasteiger partial charge < -0.3 is 14.7 Å². The summed E-state index contributed by atoms with van der Waals surface area (Å²) in [7, 11) is 0. The molecule has 1 N–H and O–H groups in total. The van der Waals surface area contributed by atoms with Crippen LogP contribution in [0, 0.1) is 5.82 Å². The largest absolute Gasteiger partial charge is 0.489 e. The van der Waals surface area contributed by atoms with E-state index in [4.69, 9.17) is 4.74 Å². The van der Waals surface area contributed by atoms with Gasteiger partial charge in [-0.2, -0.15) is 0 Å². The Labute approximate surface area is 124 Å². The van der Waals surface area contributed by atoms with Gasteiger partial charge in [-0.05, 0) is 12.1 Å². The van der Waals surface area contributed by atoms with Crippen molar-refractivity contribution in [3.63, 3.8) is 0 Å². The third-order valence-corrected chi connectivity index (χ3v) is 4.79. The van der Waals surface area contributed by atoms with E-state index in [1.165, 1.54) is 35.0 Å². The first-order valence-electron chi connectivity index (χ1n) is 6.35. The molecule has 0 aromatic heterocycles. The van der Waals surface area contributed by atoms with Crippen LogP contribution in [-0.4, -0.2) is 39.1 Å². The summed E-state index contributed by atoms with van der Waals surface area (Å²) >= 11 is 1.36. The zero-order chi connectivity index (χ0) is 15.0. The van der Waals surface area contributed by atoms with Gasteiger partial charge >= 0.3 is 5.97 Å². The highest BCUT2D eigenvalue weighted by atomic mass is 32.2. The smallest absolute Gasteiger partial charge is 0.334 e. The molecule has 1 amide bonds. The van der Waals surface area contributed by atoms with Gasteiger partial charge in [0.2, 0.25) is 5.91 Å². The summed E-state index contributed by atoms with van der Waals surface area (Å²) in [6, 6.07) is 5.97. The fourth-order valence-corrected chi connectivity index (χ4v) is 3.60. The number of fused-ring (bicyclic) bond motifs is 1. The molecule has 1 aromatic carbocycles. The first-order valence-corrected chi connectivity index (χ1v) is 7.29. The Kier molecular flexibility index (Phi) is 3.59. The molecule has 2 atom stereocenters. The molecule has 0 bridgehead atoms. The number of carboxylic acids is 1. The molecule has 0 spiro atoms. The summed E-state index contributed by atoms with van der Waals surface area (Å²) in [5.74, 6) is -1.57. The van der Waals surface area contributed by atoms with Crippen molar-refractivity contribution in [2.45, 2.75) is 17.0 Å². The molecule has 21 heavy (non-hydrogen) atoms. The lowest BCUT2D eigenvalue weighted by Gasteiger charge is -2.43. The van der Waals surface area contributed by atoms with Gasteiger partial charge in [0.15, 0.2) is 11.6 Å². The van der Waals surface area contributed by atoms with E-state index in [1.807, 2.05) is 0 Å². The molecule has 0 radical (unpaired) electrons. The highest BCUT2D eigenvalue weighted by Gasteiger charge is 2.43. The number of carboxylic acid groups (broad SMARTS) is 1. The molecule has 0 aliphatic carbocycles.